The van der Waals surface area contributed by atoms with Crippen molar-refractivity contribution in [3.8, 4) is 22.8 Å². The first-order valence-corrected chi connectivity index (χ1v) is 14.8. The van der Waals surface area contributed by atoms with Gasteiger partial charge in [-0.25, -0.2) is 14.8 Å². The third-order valence-corrected chi connectivity index (χ3v) is 7.85. The fraction of sp³-hybridized carbons (Fsp3) is 0.286. The van der Waals surface area contributed by atoms with Crippen LogP contribution in [-0.4, -0.2) is 109 Å². The van der Waals surface area contributed by atoms with Crippen LogP contribution in [0.2, 0.25) is 0 Å². The van der Waals surface area contributed by atoms with Crippen molar-refractivity contribution in [3.05, 3.63) is 58.7 Å². The molecule has 0 saturated carbocycles. The van der Waals surface area contributed by atoms with E-state index in [1.54, 1.807) is 22.0 Å². The minimum absolute atomic E-state index is 0.238. The summed E-state index contributed by atoms with van der Waals surface area (Å²) in [5.74, 6) is -2.95. The average molecular weight is 673 g/mol. The summed E-state index contributed by atoms with van der Waals surface area (Å²) in [7, 11) is 3.37. The van der Waals surface area contributed by atoms with Gasteiger partial charge in [-0.3, -0.25) is 9.59 Å². The number of nitrogens with one attached hydrogen (secondary N) is 2. The highest BCUT2D eigenvalue weighted by atomic mass is 32.1. The number of aromatic nitrogens is 7. The molecule has 0 spiro atoms. The number of halogens is 3. The first kappa shape index (κ1) is 32.9. The number of alkyl halides is 3. The van der Waals surface area contributed by atoms with Gasteiger partial charge in [0.1, 0.15) is 22.1 Å². The Labute approximate surface area is 268 Å². The molecule has 0 unspecified atom stereocenters. The monoisotopic (exact) mass is 672 g/mol. The third kappa shape index (κ3) is 7.04. The number of H-pyrrole nitrogens is 1. The summed E-state index contributed by atoms with van der Waals surface area (Å²) in [4.78, 5) is 51.7. The molecule has 6 rings (SSSR count). The van der Waals surface area contributed by atoms with E-state index < -0.39 is 23.8 Å². The second kappa shape index (κ2) is 13.9. The number of aliphatic carboxylic acids is 1. The van der Waals surface area contributed by atoms with E-state index in [1.807, 2.05) is 47.7 Å². The molecule has 1 aliphatic rings. The summed E-state index contributed by atoms with van der Waals surface area (Å²) >= 11 is 1.52. The van der Waals surface area contributed by atoms with Crippen LogP contribution < -0.4 is 15.0 Å². The molecule has 1 fully saturated rings. The topological polar surface area (TPSA) is 184 Å². The largest absolute Gasteiger partial charge is 0.494 e. The standard InChI is InChI=1S/C26H26N10O3S.C2HF3O2/c1-27-14-20-30-18(15-40-20)22-23-21(19(39-2)13-29-22)17(12-28-23)24(37)25(38)34-8-10-35(11-9-34)26-31-32-33-36(26)16-6-4-3-5-7-16;3-2(4,5)1(6)7/h3-7,12-13,15,27-28H,8-11,14H2,1-2H3;(H,6,7). The van der Waals surface area contributed by atoms with Gasteiger partial charge < -0.3 is 29.9 Å². The summed E-state index contributed by atoms with van der Waals surface area (Å²) in [6.45, 7) is 2.31. The van der Waals surface area contributed by atoms with Crippen LogP contribution in [0, 0.1) is 0 Å². The van der Waals surface area contributed by atoms with E-state index in [9.17, 15) is 22.8 Å². The molecule has 4 aromatic heterocycles. The molecule has 1 aliphatic heterocycles. The highest BCUT2D eigenvalue weighted by Gasteiger charge is 2.38. The number of para-hydroxylation sites is 1. The zero-order chi connectivity index (χ0) is 33.7. The van der Waals surface area contributed by atoms with Crippen LogP contribution in [-0.2, 0) is 16.1 Å². The van der Waals surface area contributed by atoms with E-state index in [1.165, 1.54) is 18.4 Å². The maximum atomic E-state index is 13.5. The number of aromatic amines is 1. The van der Waals surface area contributed by atoms with Gasteiger partial charge in [-0.1, -0.05) is 23.3 Å². The summed E-state index contributed by atoms with van der Waals surface area (Å²) < 4.78 is 38.9. The third-order valence-electron chi connectivity index (χ3n) is 7.00. The number of ketones is 1. The Balaban J connectivity index is 0.000000559. The molecule has 19 heteroatoms. The predicted octanol–water partition coefficient (Wildman–Crippen LogP) is 2.55. The highest BCUT2D eigenvalue weighted by Crippen LogP contribution is 2.35. The Morgan fingerprint density at radius 2 is 1.83 bits per heavy atom. The molecule has 47 heavy (non-hydrogen) atoms. The molecule has 15 nitrogen and oxygen atoms in total. The molecule has 0 bridgehead atoms. The maximum absolute atomic E-state index is 13.5. The lowest BCUT2D eigenvalue weighted by Gasteiger charge is -2.34. The number of ether oxygens (including phenoxy) is 1. The number of carboxylic acid groups (broad SMARTS) is 1. The molecule has 5 heterocycles. The number of carbonyl (C=O) groups excluding carboxylic acids is 2. The van der Waals surface area contributed by atoms with E-state index in [0.717, 1.165) is 10.7 Å². The number of nitrogens with zero attached hydrogens (tertiary/aromatic N) is 8. The Morgan fingerprint density at radius 1 is 1.13 bits per heavy atom. The SMILES string of the molecule is CNCc1nc(-c2ncc(OC)c3c(C(=O)C(=O)N4CCN(c5nnnn5-c5ccccc5)CC4)c[nH]c23)cs1.O=C(O)C(F)(F)F. The van der Waals surface area contributed by atoms with E-state index >= 15 is 0 Å². The van der Waals surface area contributed by atoms with Crippen LogP contribution in [0.4, 0.5) is 19.1 Å². The Morgan fingerprint density at radius 3 is 2.47 bits per heavy atom. The molecule has 1 saturated heterocycles. The number of tetrazole rings is 1. The maximum Gasteiger partial charge on any atom is 0.490 e. The van der Waals surface area contributed by atoms with Crippen LogP contribution in [0.3, 0.4) is 0 Å². The number of anilines is 1. The van der Waals surface area contributed by atoms with E-state index in [-0.39, 0.29) is 5.56 Å². The molecule has 3 N–H and O–H groups in total. The smallest absolute Gasteiger partial charge is 0.490 e. The Kier molecular flexibility index (Phi) is 9.75. The number of rotatable bonds is 8. The Hall–Kier alpha value is -5.43. The zero-order valence-electron chi connectivity index (χ0n) is 24.9. The van der Waals surface area contributed by atoms with E-state index in [2.05, 4.69) is 35.8 Å². The molecule has 1 aromatic carbocycles. The van der Waals surface area contributed by atoms with Crippen LogP contribution in [0.1, 0.15) is 15.4 Å². The Bertz CT molecular complexity index is 1880. The van der Waals surface area contributed by atoms with Gasteiger partial charge in [-0.05, 0) is 29.6 Å². The minimum atomic E-state index is -5.08. The van der Waals surface area contributed by atoms with E-state index in [0.29, 0.717) is 66.7 Å². The number of hydrogen-bond acceptors (Lipinski definition) is 12. The van der Waals surface area contributed by atoms with E-state index in [4.69, 9.17) is 14.6 Å². The van der Waals surface area contributed by atoms with Gasteiger partial charge in [0.25, 0.3) is 11.7 Å². The van der Waals surface area contributed by atoms with Gasteiger partial charge in [-0.15, -0.1) is 11.3 Å². The van der Waals surface area contributed by atoms with Crippen LogP contribution in [0.15, 0.2) is 48.1 Å². The van der Waals surface area contributed by atoms with Crippen molar-refractivity contribution in [2.24, 2.45) is 0 Å². The molecule has 246 valence electrons. The first-order chi connectivity index (χ1) is 22.5. The van der Waals surface area contributed by atoms with Gasteiger partial charge in [0.15, 0.2) is 0 Å². The summed E-state index contributed by atoms with van der Waals surface area (Å²) in [5, 5.41) is 25.7. The fourth-order valence-electron chi connectivity index (χ4n) is 4.78. The number of piperazine rings is 1. The molecule has 1 amide bonds. The molecule has 5 aromatic rings. The number of thiazole rings is 1. The first-order valence-electron chi connectivity index (χ1n) is 13.9. The van der Waals surface area contributed by atoms with Crippen molar-refractivity contribution in [3.63, 3.8) is 0 Å². The quantitative estimate of drug-likeness (QED) is 0.162. The lowest BCUT2D eigenvalue weighted by atomic mass is 10.1. The minimum Gasteiger partial charge on any atom is -0.494 e. The number of Topliss-reactive ketones (excluding diaryl/α,β-unsaturated/α-hetero) is 1. The van der Waals surface area contributed by atoms with Crippen LogP contribution >= 0.6 is 11.3 Å². The number of carboxylic acids is 1. The van der Waals surface area contributed by atoms with Crippen LogP contribution in [0.25, 0.3) is 28.0 Å². The van der Waals surface area contributed by atoms with Crippen molar-refractivity contribution in [2.45, 2.75) is 12.7 Å². The molecule has 0 atom stereocenters. The summed E-state index contributed by atoms with van der Waals surface area (Å²) in [6.07, 6.45) is -1.98. The van der Waals surface area contributed by atoms with Crippen LogP contribution in [0.5, 0.6) is 5.75 Å². The van der Waals surface area contributed by atoms with Gasteiger partial charge in [0.2, 0.25) is 5.95 Å². The number of methoxy groups -OCH3 is 1. The van der Waals surface area contributed by atoms with Crippen molar-refractivity contribution in [1.82, 2.24) is 45.4 Å². The molecule has 0 aliphatic carbocycles. The van der Waals surface area contributed by atoms with Crippen molar-refractivity contribution < 1.29 is 37.4 Å². The van der Waals surface area contributed by atoms with Crippen molar-refractivity contribution in [2.75, 3.05) is 45.2 Å². The lowest BCUT2D eigenvalue weighted by Crippen LogP contribution is -2.51. The zero-order valence-corrected chi connectivity index (χ0v) is 25.7. The average Bonchev–Trinajstić information content (AvgIpc) is 3.85. The normalized spacial score (nSPS) is 13.3. The lowest BCUT2D eigenvalue weighted by molar-refractivity contribution is -0.192. The van der Waals surface area contributed by atoms with Gasteiger partial charge in [0.05, 0.1) is 35.5 Å². The van der Waals surface area contributed by atoms with Gasteiger partial charge in [0, 0.05) is 44.3 Å². The number of pyridine rings is 1. The highest BCUT2D eigenvalue weighted by molar-refractivity contribution is 7.09. The number of carbonyl (C=O) groups is 3. The summed E-state index contributed by atoms with van der Waals surface area (Å²) in [6, 6.07) is 9.60. The predicted molar refractivity (Wildman–Crippen MR) is 162 cm³/mol. The second-order valence-electron chi connectivity index (χ2n) is 9.92. The number of hydrogen-bond donors (Lipinski definition) is 3. The number of fused-ring (bicyclic) bond motifs is 1. The number of benzene rings is 1. The van der Waals surface area contributed by atoms with Crippen molar-refractivity contribution >= 4 is 45.8 Å². The fourth-order valence-corrected chi connectivity index (χ4v) is 5.57. The number of amides is 1. The molecular weight excluding hydrogens is 645 g/mol. The summed E-state index contributed by atoms with van der Waals surface area (Å²) in [5.41, 5.74) is 2.94. The van der Waals surface area contributed by atoms with Gasteiger partial charge >= 0.3 is 12.1 Å². The molecular formula is C28H27F3N10O5S. The second-order valence-corrected chi connectivity index (χ2v) is 10.9. The molecule has 0 radical (unpaired) electrons. The van der Waals surface area contributed by atoms with Crippen molar-refractivity contribution in [1.29, 1.82) is 0 Å². The van der Waals surface area contributed by atoms with Gasteiger partial charge in [-0.2, -0.15) is 17.9 Å².